The van der Waals surface area contributed by atoms with Crippen LogP contribution in [0, 0.1) is 23.2 Å². The van der Waals surface area contributed by atoms with E-state index in [1.807, 2.05) is 0 Å². The molecule has 0 aromatic carbocycles. The fraction of sp³-hybridized carbons (Fsp3) is 0.667. The van der Waals surface area contributed by atoms with E-state index in [2.05, 4.69) is 21.2 Å². The monoisotopic (exact) mass is 378 g/mol. The van der Waals surface area contributed by atoms with E-state index in [9.17, 15) is 9.59 Å². The molecule has 0 spiro atoms. The third-order valence-corrected chi connectivity index (χ3v) is 6.56. The van der Waals surface area contributed by atoms with Crippen molar-refractivity contribution in [2.45, 2.75) is 45.1 Å². The summed E-state index contributed by atoms with van der Waals surface area (Å²) < 4.78 is 2.27. The molecule has 4 fully saturated rings. The molecule has 4 aliphatic carbocycles. The van der Waals surface area contributed by atoms with Crippen LogP contribution in [0.3, 0.4) is 0 Å². The maximum atomic E-state index is 12.3. The third kappa shape index (κ3) is 3.12. The van der Waals surface area contributed by atoms with Gasteiger partial charge in [0, 0.05) is 23.3 Å². The Kier molecular flexibility index (Phi) is 3.87. The van der Waals surface area contributed by atoms with E-state index >= 15 is 0 Å². The molecule has 4 nitrogen and oxygen atoms in total. The van der Waals surface area contributed by atoms with Gasteiger partial charge in [0.15, 0.2) is 0 Å². The number of amides is 1. The highest BCUT2D eigenvalue weighted by Crippen LogP contribution is 2.59. The van der Waals surface area contributed by atoms with Crippen LogP contribution in [-0.4, -0.2) is 17.0 Å². The minimum atomic E-state index is -0.141. The van der Waals surface area contributed by atoms with Gasteiger partial charge in [0.2, 0.25) is 5.91 Å². The second kappa shape index (κ2) is 5.76. The number of hydrogen-bond acceptors (Lipinski definition) is 2. The molecule has 124 valence electrons. The smallest absolute Gasteiger partial charge is 0.251 e. The third-order valence-electron chi connectivity index (χ3n) is 6.09. The Morgan fingerprint density at radius 2 is 1.78 bits per heavy atom. The van der Waals surface area contributed by atoms with Crippen LogP contribution in [0.1, 0.15) is 38.5 Å². The highest BCUT2D eigenvalue weighted by atomic mass is 79.9. The maximum Gasteiger partial charge on any atom is 0.251 e. The number of carbonyl (C=O) groups excluding carboxylic acids is 1. The van der Waals surface area contributed by atoms with Crippen LogP contribution in [0.2, 0.25) is 0 Å². The van der Waals surface area contributed by atoms with Crippen molar-refractivity contribution in [2.24, 2.45) is 23.2 Å². The van der Waals surface area contributed by atoms with Gasteiger partial charge in [-0.2, -0.15) is 0 Å². The van der Waals surface area contributed by atoms with E-state index in [1.54, 1.807) is 12.3 Å². The lowest BCUT2D eigenvalue weighted by Crippen LogP contribution is -2.51. The molecule has 1 aromatic rings. The summed E-state index contributed by atoms with van der Waals surface area (Å²) in [6, 6.07) is 3.18. The van der Waals surface area contributed by atoms with Crippen molar-refractivity contribution in [1.29, 1.82) is 0 Å². The fourth-order valence-electron chi connectivity index (χ4n) is 5.63. The molecule has 1 N–H and O–H groups in total. The first kappa shape index (κ1) is 15.4. The van der Waals surface area contributed by atoms with E-state index in [0.29, 0.717) is 5.41 Å². The largest absolute Gasteiger partial charge is 0.354 e. The molecule has 0 unspecified atom stereocenters. The highest BCUT2D eigenvalue weighted by molar-refractivity contribution is 9.10. The van der Waals surface area contributed by atoms with Crippen LogP contribution in [-0.2, 0) is 11.3 Å². The summed E-state index contributed by atoms with van der Waals surface area (Å²) in [5.41, 5.74) is 0.199. The summed E-state index contributed by atoms with van der Waals surface area (Å²) in [6.07, 6.45) is 9.79. The summed E-state index contributed by atoms with van der Waals surface area (Å²) >= 11 is 3.34. The Hall–Kier alpha value is -1.10. The van der Waals surface area contributed by atoms with Crippen molar-refractivity contribution in [2.75, 3.05) is 6.54 Å². The maximum absolute atomic E-state index is 12.3. The number of carbonyl (C=O) groups is 1. The average molecular weight is 379 g/mol. The van der Waals surface area contributed by atoms with E-state index < -0.39 is 0 Å². The number of halogens is 1. The van der Waals surface area contributed by atoms with Gasteiger partial charge in [0.1, 0.15) is 6.54 Å². The van der Waals surface area contributed by atoms with Gasteiger partial charge in [-0.25, -0.2) is 0 Å². The molecule has 1 aromatic heterocycles. The lowest BCUT2D eigenvalue weighted by atomic mass is 9.49. The van der Waals surface area contributed by atoms with Crippen molar-refractivity contribution in [3.63, 3.8) is 0 Å². The first-order valence-corrected chi connectivity index (χ1v) is 9.43. The van der Waals surface area contributed by atoms with Crippen LogP contribution in [0.5, 0.6) is 0 Å². The van der Waals surface area contributed by atoms with Crippen molar-refractivity contribution >= 4 is 21.8 Å². The molecule has 5 heteroatoms. The minimum Gasteiger partial charge on any atom is -0.354 e. The molecular weight excluding hydrogens is 356 g/mol. The summed E-state index contributed by atoms with van der Waals surface area (Å²) in [6.45, 7) is 0.892. The number of rotatable bonds is 4. The Morgan fingerprint density at radius 1 is 1.17 bits per heavy atom. The normalized spacial score (nSPS) is 34.6. The molecule has 4 saturated carbocycles. The second-order valence-electron chi connectivity index (χ2n) is 8.01. The van der Waals surface area contributed by atoms with Gasteiger partial charge >= 0.3 is 0 Å². The predicted octanol–water partition coefficient (Wildman–Crippen LogP) is 2.94. The predicted molar refractivity (Wildman–Crippen MR) is 92.0 cm³/mol. The standard InChI is InChI=1S/C18H23BrN2O2/c19-15-1-2-17(23)21(9-15)10-16(22)20-11-18-6-12-3-13(7-18)5-14(4-12)8-18/h1-2,9,12-14H,3-8,10-11H2,(H,20,22). The molecular formula is C18H23BrN2O2. The van der Waals surface area contributed by atoms with Crippen LogP contribution in [0.4, 0.5) is 0 Å². The topological polar surface area (TPSA) is 51.1 Å². The molecule has 4 bridgehead atoms. The second-order valence-corrected chi connectivity index (χ2v) is 8.92. The number of hydrogen-bond donors (Lipinski definition) is 1. The zero-order chi connectivity index (χ0) is 16.0. The van der Waals surface area contributed by atoms with Gasteiger partial charge in [-0.15, -0.1) is 0 Å². The number of nitrogens with one attached hydrogen (secondary N) is 1. The summed E-state index contributed by atoms with van der Waals surface area (Å²) in [4.78, 5) is 24.1. The Bertz CT molecular complexity index is 647. The molecule has 23 heavy (non-hydrogen) atoms. The average Bonchev–Trinajstić information content (AvgIpc) is 2.48. The summed E-state index contributed by atoms with van der Waals surface area (Å²) in [5.74, 6) is 2.63. The van der Waals surface area contributed by atoms with Gasteiger partial charge in [-0.1, -0.05) is 0 Å². The zero-order valence-corrected chi connectivity index (χ0v) is 14.8. The molecule has 0 radical (unpaired) electrons. The molecule has 0 aliphatic heterocycles. The van der Waals surface area contributed by atoms with Crippen LogP contribution >= 0.6 is 15.9 Å². The van der Waals surface area contributed by atoms with Gasteiger partial charge in [-0.3, -0.25) is 9.59 Å². The quantitative estimate of drug-likeness (QED) is 0.875. The minimum absolute atomic E-state index is 0.0547. The Labute approximate surface area is 144 Å². The molecule has 1 heterocycles. The SMILES string of the molecule is O=C(Cn1cc(Br)ccc1=O)NCC12CC3CC(CC(C3)C1)C2. The molecule has 0 atom stereocenters. The highest BCUT2D eigenvalue weighted by Gasteiger charge is 2.50. The van der Waals surface area contributed by atoms with E-state index in [0.717, 1.165) is 28.8 Å². The molecule has 0 saturated heterocycles. The van der Waals surface area contributed by atoms with Gasteiger partial charge in [0.25, 0.3) is 5.56 Å². The van der Waals surface area contributed by atoms with Crippen LogP contribution in [0.25, 0.3) is 0 Å². The van der Waals surface area contributed by atoms with Crippen molar-refractivity contribution in [3.8, 4) is 0 Å². The number of pyridine rings is 1. The van der Waals surface area contributed by atoms with Gasteiger partial charge < -0.3 is 9.88 Å². The van der Waals surface area contributed by atoms with E-state index in [4.69, 9.17) is 0 Å². The van der Waals surface area contributed by atoms with Gasteiger partial charge in [-0.05, 0) is 83.7 Å². The molecule has 4 aliphatic rings. The van der Waals surface area contributed by atoms with E-state index in [1.165, 1.54) is 49.2 Å². The lowest BCUT2D eigenvalue weighted by Gasteiger charge is -2.56. The van der Waals surface area contributed by atoms with Crippen molar-refractivity contribution in [3.05, 3.63) is 33.2 Å². The van der Waals surface area contributed by atoms with Gasteiger partial charge in [0.05, 0.1) is 0 Å². The summed E-state index contributed by atoms with van der Waals surface area (Å²) in [7, 11) is 0. The molecule has 1 amide bonds. The van der Waals surface area contributed by atoms with E-state index in [-0.39, 0.29) is 18.0 Å². The van der Waals surface area contributed by atoms with Crippen molar-refractivity contribution in [1.82, 2.24) is 9.88 Å². The zero-order valence-electron chi connectivity index (χ0n) is 13.3. The van der Waals surface area contributed by atoms with Crippen LogP contribution in [0.15, 0.2) is 27.6 Å². The van der Waals surface area contributed by atoms with Crippen molar-refractivity contribution < 1.29 is 4.79 Å². The number of aromatic nitrogens is 1. The fourth-order valence-corrected chi connectivity index (χ4v) is 6.01. The number of nitrogens with zero attached hydrogens (tertiary/aromatic N) is 1. The first-order valence-electron chi connectivity index (χ1n) is 8.64. The lowest BCUT2D eigenvalue weighted by molar-refractivity contribution is -0.123. The Morgan fingerprint density at radius 3 is 2.39 bits per heavy atom. The Balaban J connectivity index is 1.38. The molecule has 5 rings (SSSR count). The summed E-state index contributed by atoms with van der Waals surface area (Å²) in [5, 5.41) is 3.12. The van der Waals surface area contributed by atoms with Crippen LogP contribution < -0.4 is 10.9 Å². The first-order chi connectivity index (χ1) is 11.0.